The van der Waals surface area contributed by atoms with Crippen molar-refractivity contribution in [3.05, 3.63) is 34.1 Å². The van der Waals surface area contributed by atoms with Gasteiger partial charge in [-0.1, -0.05) is 6.07 Å². The summed E-state index contributed by atoms with van der Waals surface area (Å²) in [6.45, 7) is 1.24. The number of aliphatic carboxylic acids is 1. The van der Waals surface area contributed by atoms with Gasteiger partial charge in [-0.2, -0.15) is 0 Å². The highest BCUT2D eigenvalue weighted by atomic mass is 79.9. The van der Waals surface area contributed by atoms with Crippen LogP contribution < -0.4 is 5.32 Å². The van der Waals surface area contributed by atoms with Crippen molar-refractivity contribution >= 4 is 27.8 Å². The number of carboxylic acids is 1. The second kappa shape index (κ2) is 5.92. The Morgan fingerprint density at radius 2 is 2.06 bits per heavy atom. The molecule has 0 unspecified atom stereocenters. The first-order valence-corrected chi connectivity index (χ1v) is 5.79. The zero-order chi connectivity index (χ0) is 13.9. The highest BCUT2D eigenvalue weighted by Crippen LogP contribution is 2.20. The fourth-order valence-corrected chi connectivity index (χ4v) is 1.73. The van der Waals surface area contributed by atoms with E-state index in [9.17, 15) is 19.1 Å². The maximum Gasteiger partial charge on any atom is 0.328 e. The van der Waals surface area contributed by atoms with Gasteiger partial charge in [0.1, 0.15) is 5.82 Å². The molecule has 1 rings (SSSR count). The van der Waals surface area contributed by atoms with Gasteiger partial charge < -0.3 is 15.5 Å². The largest absolute Gasteiger partial charge is 0.480 e. The standard InChI is InChI=1S/C11H11BrFNO4/c1-5(15)9(11(17)18)14-10(16)6-3-2-4-7(13)8(6)12/h2-5,9,15H,1H3,(H,14,16)(H,17,18)/t5-,9+/m1/s1. The van der Waals surface area contributed by atoms with Gasteiger partial charge in [0, 0.05) is 0 Å². The molecule has 1 aromatic rings. The Bertz CT molecular complexity index is 478. The van der Waals surface area contributed by atoms with Gasteiger partial charge in [0.2, 0.25) is 0 Å². The first kappa shape index (κ1) is 14.6. The van der Waals surface area contributed by atoms with Gasteiger partial charge in [-0.3, -0.25) is 4.79 Å². The summed E-state index contributed by atoms with van der Waals surface area (Å²) in [4.78, 5) is 22.6. The average Bonchev–Trinajstić information content (AvgIpc) is 2.28. The second-order valence-corrected chi connectivity index (χ2v) is 4.42. The maximum atomic E-state index is 13.2. The Hall–Kier alpha value is -1.47. The number of carbonyl (C=O) groups is 2. The van der Waals surface area contributed by atoms with Crippen molar-refractivity contribution < 1.29 is 24.2 Å². The number of rotatable bonds is 4. The SMILES string of the molecule is C[C@@H](O)[C@H](NC(=O)c1cccc(F)c1Br)C(=O)O. The molecule has 98 valence electrons. The smallest absolute Gasteiger partial charge is 0.328 e. The zero-order valence-corrected chi connectivity index (χ0v) is 10.9. The highest BCUT2D eigenvalue weighted by Gasteiger charge is 2.26. The van der Waals surface area contributed by atoms with Gasteiger partial charge in [0.25, 0.3) is 5.91 Å². The predicted octanol–water partition coefficient (Wildman–Crippen LogP) is 1.15. The summed E-state index contributed by atoms with van der Waals surface area (Å²) in [5.41, 5.74) is -0.0399. The number of carboxylic acid groups (broad SMARTS) is 1. The minimum Gasteiger partial charge on any atom is -0.480 e. The summed E-state index contributed by atoms with van der Waals surface area (Å²) in [5, 5.41) is 20.1. The topological polar surface area (TPSA) is 86.6 Å². The number of halogens is 2. The molecule has 0 saturated carbocycles. The fourth-order valence-electron chi connectivity index (χ4n) is 1.29. The highest BCUT2D eigenvalue weighted by molar-refractivity contribution is 9.10. The van der Waals surface area contributed by atoms with Crippen molar-refractivity contribution in [3.63, 3.8) is 0 Å². The number of aliphatic hydroxyl groups is 1. The van der Waals surface area contributed by atoms with Crippen LogP contribution in [0.5, 0.6) is 0 Å². The van der Waals surface area contributed by atoms with E-state index >= 15 is 0 Å². The molecule has 0 fully saturated rings. The van der Waals surface area contributed by atoms with Crippen LogP contribution >= 0.6 is 15.9 Å². The van der Waals surface area contributed by atoms with Crippen LogP contribution in [0.2, 0.25) is 0 Å². The van der Waals surface area contributed by atoms with Crippen molar-refractivity contribution in [2.24, 2.45) is 0 Å². The summed E-state index contributed by atoms with van der Waals surface area (Å²) in [6, 6.07) is 2.37. The van der Waals surface area contributed by atoms with Crippen molar-refractivity contribution in [2.45, 2.75) is 19.1 Å². The summed E-state index contributed by atoms with van der Waals surface area (Å²) in [5.74, 6) is -2.79. The third kappa shape index (κ3) is 3.27. The van der Waals surface area contributed by atoms with E-state index in [1.165, 1.54) is 19.1 Å². The monoisotopic (exact) mass is 319 g/mol. The Balaban J connectivity index is 2.94. The number of amides is 1. The summed E-state index contributed by atoms with van der Waals surface area (Å²) in [6.07, 6.45) is -1.27. The predicted molar refractivity (Wildman–Crippen MR) is 64.7 cm³/mol. The van der Waals surface area contributed by atoms with Crippen LogP contribution in [0.4, 0.5) is 4.39 Å². The van der Waals surface area contributed by atoms with Gasteiger partial charge in [-0.05, 0) is 35.0 Å². The molecule has 0 aliphatic rings. The molecule has 0 aromatic heterocycles. The molecule has 0 saturated heterocycles. The number of hydrogen-bond donors (Lipinski definition) is 3. The van der Waals surface area contributed by atoms with E-state index in [0.29, 0.717) is 0 Å². The lowest BCUT2D eigenvalue weighted by atomic mass is 10.1. The summed E-state index contributed by atoms with van der Waals surface area (Å²) in [7, 11) is 0. The lowest BCUT2D eigenvalue weighted by Crippen LogP contribution is -2.47. The van der Waals surface area contributed by atoms with Crippen molar-refractivity contribution in [1.29, 1.82) is 0 Å². The lowest BCUT2D eigenvalue weighted by Gasteiger charge is -2.17. The van der Waals surface area contributed by atoms with Crippen molar-refractivity contribution in [3.8, 4) is 0 Å². The summed E-state index contributed by atoms with van der Waals surface area (Å²) < 4.78 is 13.1. The lowest BCUT2D eigenvalue weighted by molar-refractivity contribution is -0.141. The third-order valence-electron chi connectivity index (χ3n) is 2.23. The van der Waals surface area contributed by atoms with Gasteiger partial charge >= 0.3 is 5.97 Å². The van der Waals surface area contributed by atoms with Crippen molar-refractivity contribution in [1.82, 2.24) is 5.32 Å². The van der Waals surface area contributed by atoms with Crippen LogP contribution in [-0.2, 0) is 4.79 Å². The molecule has 1 amide bonds. The summed E-state index contributed by atoms with van der Waals surface area (Å²) >= 11 is 2.90. The quantitative estimate of drug-likeness (QED) is 0.777. The van der Waals surface area contributed by atoms with Crippen molar-refractivity contribution in [2.75, 3.05) is 0 Å². The molecule has 0 bridgehead atoms. The molecule has 0 aliphatic heterocycles. The molecule has 0 radical (unpaired) electrons. The number of carbonyl (C=O) groups excluding carboxylic acids is 1. The van der Waals surface area contributed by atoms with Gasteiger partial charge in [0.05, 0.1) is 16.1 Å². The number of aliphatic hydroxyl groups excluding tert-OH is 1. The number of nitrogens with one attached hydrogen (secondary N) is 1. The second-order valence-electron chi connectivity index (χ2n) is 3.63. The van der Waals surface area contributed by atoms with E-state index in [-0.39, 0.29) is 10.0 Å². The molecule has 3 N–H and O–H groups in total. The van der Waals surface area contributed by atoms with Crippen LogP contribution in [0, 0.1) is 5.82 Å². The van der Waals surface area contributed by atoms with E-state index in [1.54, 1.807) is 0 Å². The van der Waals surface area contributed by atoms with E-state index < -0.39 is 29.8 Å². The van der Waals surface area contributed by atoms with Crippen LogP contribution in [0.1, 0.15) is 17.3 Å². The number of hydrogen-bond acceptors (Lipinski definition) is 3. The molecule has 0 heterocycles. The van der Waals surface area contributed by atoms with Crippen LogP contribution in [0.3, 0.4) is 0 Å². The van der Waals surface area contributed by atoms with Gasteiger partial charge in [0.15, 0.2) is 6.04 Å². The van der Waals surface area contributed by atoms with Crippen LogP contribution in [-0.4, -0.2) is 34.2 Å². The fraction of sp³-hybridized carbons (Fsp3) is 0.273. The van der Waals surface area contributed by atoms with Crippen LogP contribution in [0.15, 0.2) is 22.7 Å². The van der Waals surface area contributed by atoms with Crippen LogP contribution in [0.25, 0.3) is 0 Å². The first-order valence-electron chi connectivity index (χ1n) is 5.00. The molecule has 0 spiro atoms. The average molecular weight is 320 g/mol. The molecule has 5 nitrogen and oxygen atoms in total. The van der Waals surface area contributed by atoms with E-state index in [0.717, 1.165) is 6.07 Å². The Morgan fingerprint density at radius 1 is 1.44 bits per heavy atom. The van der Waals surface area contributed by atoms with E-state index in [4.69, 9.17) is 5.11 Å². The molecule has 18 heavy (non-hydrogen) atoms. The third-order valence-corrected chi connectivity index (χ3v) is 3.04. The minimum atomic E-state index is -1.45. The molecule has 1 aromatic carbocycles. The Kier molecular flexibility index (Phi) is 4.80. The zero-order valence-electron chi connectivity index (χ0n) is 9.35. The minimum absolute atomic E-state index is 0.0399. The van der Waals surface area contributed by atoms with Gasteiger partial charge in [-0.15, -0.1) is 0 Å². The van der Waals surface area contributed by atoms with Gasteiger partial charge in [-0.25, -0.2) is 9.18 Å². The number of benzene rings is 1. The molecular weight excluding hydrogens is 309 g/mol. The Morgan fingerprint density at radius 3 is 2.56 bits per heavy atom. The molecule has 2 atom stereocenters. The molecule has 7 heteroatoms. The van der Waals surface area contributed by atoms with E-state index in [1.807, 2.05) is 0 Å². The molecule has 0 aliphatic carbocycles. The molecular formula is C11H11BrFNO4. The first-order chi connectivity index (χ1) is 8.34. The maximum absolute atomic E-state index is 13.2. The normalized spacial score (nSPS) is 13.8. The van der Waals surface area contributed by atoms with E-state index in [2.05, 4.69) is 21.2 Å². The Labute approximate surface area is 111 Å².